The van der Waals surface area contributed by atoms with Crippen molar-refractivity contribution in [2.45, 2.75) is 44.8 Å². The van der Waals surface area contributed by atoms with E-state index in [-0.39, 0.29) is 11.5 Å². The number of likely N-dealkylation sites (tertiary alicyclic amines) is 1. The molecule has 7 heteroatoms. The van der Waals surface area contributed by atoms with Gasteiger partial charge in [0.2, 0.25) is 5.95 Å². The Morgan fingerprint density at radius 2 is 1.73 bits per heavy atom. The standard InChI is InChI=1S/C15H21F3N4/c1-11-10-19-14(20-13(11)15(16,17)18)22-8-4-12(5-9-22)21-6-2-3-7-21/h10,12H,2-9H2,1H3. The van der Waals surface area contributed by atoms with Gasteiger partial charge in [-0.15, -0.1) is 0 Å². The molecule has 122 valence electrons. The largest absolute Gasteiger partial charge is 0.433 e. The zero-order valence-electron chi connectivity index (χ0n) is 12.7. The summed E-state index contributed by atoms with van der Waals surface area (Å²) in [5.74, 6) is 0.206. The Morgan fingerprint density at radius 3 is 2.32 bits per heavy atom. The lowest BCUT2D eigenvalue weighted by molar-refractivity contribution is -0.141. The molecular formula is C15H21F3N4. The van der Waals surface area contributed by atoms with Crippen molar-refractivity contribution in [3.05, 3.63) is 17.5 Å². The Labute approximate surface area is 128 Å². The second kappa shape index (κ2) is 6.02. The number of aryl methyl sites for hydroxylation is 1. The van der Waals surface area contributed by atoms with Gasteiger partial charge in [-0.3, -0.25) is 0 Å². The van der Waals surface area contributed by atoms with E-state index in [4.69, 9.17) is 0 Å². The Hall–Kier alpha value is -1.37. The minimum atomic E-state index is -4.42. The van der Waals surface area contributed by atoms with E-state index in [9.17, 15) is 13.2 Å². The SMILES string of the molecule is Cc1cnc(N2CCC(N3CCCC3)CC2)nc1C(F)(F)F. The van der Waals surface area contributed by atoms with Crippen LogP contribution in [-0.2, 0) is 6.18 Å². The van der Waals surface area contributed by atoms with Gasteiger partial charge in [-0.05, 0) is 51.3 Å². The molecule has 2 saturated heterocycles. The number of anilines is 1. The predicted octanol–water partition coefficient (Wildman–Crippen LogP) is 2.87. The maximum absolute atomic E-state index is 12.9. The zero-order valence-corrected chi connectivity index (χ0v) is 12.7. The molecule has 1 aromatic rings. The fraction of sp³-hybridized carbons (Fsp3) is 0.733. The van der Waals surface area contributed by atoms with Gasteiger partial charge < -0.3 is 9.80 Å². The van der Waals surface area contributed by atoms with Crippen molar-refractivity contribution in [2.24, 2.45) is 0 Å². The van der Waals surface area contributed by atoms with E-state index in [1.54, 1.807) is 0 Å². The van der Waals surface area contributed by atoms with Crippen molar-refractivity contribution < 1.29 is 13.2 Å². The maximum atomic E-state index is 12.9. The molecule has 0 spiro atoms. The van der Waals surface area contributed by atoms with E-state index in [2.05, 4.69) is 14.9 Å². The summed E-state index contributed by atoms with van der Waals surface area (Å²) in [5, 5.41) is 0. The van der Waals surface area contributed by atoms with Gasteiger partial charge in [0, 0.05) is 25.3 Å². The summed E-state index contributed by atoms with van der Waals surface area (Å²) in [5.41, 5.74) is -0.748. The average Bonchev–Trinajstić information content (AvgIpc) is 3.01. The number of hydrogen-bond acceptors (Lipinski definition) is 4. The van der Waals surface area contributed by atoms with Crippen LogP contribution >= 0.6 is 0 Å². The molecule has 3 rings (SSSR count). The van der Waals surface area contributed by atoms with Crippen molar-refractivity contribution in [2.75, 3.05) is 31.1 Å². The third kappa shape index (κ3) is 3.19. The van der Waals surface area contributed by atoms with Gasteiger partial charge in [0.1, 0.15) is 0 Å². The van der Waals surface area contributed by atoms with Gasteiger partial charge in [0.05, 0.1) is 0 Å². The lowest BCUT2D eigenvalue weighted by atomic mass is 10.0. The molecular weight excluding hydrogens is 293 g/mol. The first-order chi connectivity index (χ1) is 10.4. The molecule has 4 nitrogen and oxygen atoms in total. The molecule has 0 saturated carbocycles. The normalized spacial score (nSPS) is 21.5. The van der Waals surface area contributed by atoms with Crippen LogP contribution in [0.1, 0.15) is 36.9 Å². The van der Waals surface area contributed by atoms with Crippen LogP contribution in [0.15, 0.2) is 6.20 Å². The topological polar surface area (TPSA) is 32.3 Å². The number of nitrogens with zero attached hydrogens (tertiary/aromatic N) is 4. The fourth-order valence-electron chi connectivity index (χ4n) is 3.41. The second-order valence-corrected chi connectivity index (χ2v) is 6.16. The third-order valence-corrected chi connectivity index (χ3v) is 4.63. The van der Waals surface area contributed by atoms with Crippen LogP contribution in [0.5, 0.6) is 0 Å². The summed E-state index contributed by atoms with van der Waals surface area (Å²) in [6.07, 6.45) is 1.32. The van der Waals surface area contributed by atoms with E-state index in [0.29, 0.717) is 6.04 Å². The lowest BCUT2D eigenvalue weighted by Crippen LogP contribution is -2.44. The molecule has 2 aliphatic heterocycles. The predicted molar refractivity (Wildman–Crippen MR) is 77.8 cm³/mol. The molecule has 0 N–H and O–H groups in total. The highest BCUT2D eigenvalue weighted by atomic mass is 19.4. The van der Waals surface area contributed by atoms with Crippen molar-refractivity contribution in [1.82, 2.24) is 14.9 Å². The van der Waals surface area contributed by atoms with E-state index in [1.165, 1.54) is 26.0 Å². The molecule has 0 unspecified atom stereocenters. The summed E-state index contributed by atoms with van der Waals surface area (Å²) < 4.78 is 38.8. The highest BCUT2D eigenvalue weighted by Gasteiger charge is 2.36. The molecule has 2 aliphatic rings. The minimum absolute atomic E-state index is 0.0724. The third-order valence-electron chi connectivity index (χ3n) is 4.63. The number of alkyl halides is 3. The van der Waals surface area contributed by atoms with Crippen molar-refractivity contribution >= 4 is 5.95 Å². The summed E-state index contributed by atoms with van der Waals surface area (Å²) in [6.45, 7) is 5.16. The fourth-order valence-corrected chi connectivity index (χ4v) is 3.41. The quantitative estimate of drug-likeness (QED) is 0.840. The Bertz CT molecular complexity index is 518. The summed E-state index contributed by atoms with van der Waals surface area (Å²) >= 11 is 0. The van der Waals surface area contributed by atoms with Gasteiger partial charge in [-0.1, -0.05) is 0 Å². The highest BCUT2D eigenvalue weighted by Crippen LogP contribution is 2.31. The number of halogens is 3. The van der Waals surface area contributed by atoms with Gasteiger partial charge in [0.15, 0.2) is 5.69 Å². The monoisotopic (exact) mass is 314 g/mol. The van der Waals surface area contributed by atoms with Crippen LogP contribution in [0, 0.1) is 6.92 Å². The van der Waals surface area contributed by atoms with E-state index in [0.717, 1.165) is 39.0 Å². The first-order valence-corrected chi connectivity index (χ1v) is 7.85. The van der Waals surface area contributed by atoms with Crippen molar-refractivity contribution in [3.63, 3.8) is 0 Å². The minimum Gasteiger partial charge on any atom is -0.341 e. The van der Waals surface area contributed by atoms with Crippen LogP contribution in [0.2, 0.25) is 0 Å². The van der Waals surface area contributed by atoms with Gasteiger partial charge >= 0.3 is 6.18 Å². The molecule has 0 aromatic carbocycles. The van der Waals surface area contributed by atoms with Crippen molar-refractivity contribution in [3.8, 4) is 0 Å². The lowest BCUT2D eigenvalue weighted by Gasteiger charge is -2.36. The van der Waals surface area contributed by atoms with Gasteiger partial charge in [-0.25, -0.2) is 9.97 Å². The number of hydrogen-bond donors (Lipinski definition) is 0. The van der Waals surface area contributed by atoms with Gasteiger partial charge in [-0.2, -0.15) is 13.2 Å². The van der Waals surface area contributed by atoms with Crippen LogP contribution in [-0.4, -0.2) is 47.1 Å². The average molecular weight is 314 g/mol. The van der Waals surface area contributed by atoms with E-state index in [1.807, 2.05) is 4.90 Å². The van der Waals surface area contributed by atoms with E-state index < -0.39 is 11.9 Å². The molecule has 0 bridgehead atoms. The van der Waals surface area contributed by atoms with Crippen LogP contribution in [0.25, 0.3) is 0 Å². The highest BCUT2D eigenvalue weighted by molar-refractivity contribution is 5.34. The zero-order chi connectivity index (χ0) is 15.7. The molecule has 22 heavy (non-hydrogen) atoms. The number of rotatable bonds is 2. The molecule has 0 radical (unpaired) electrons. The number of aromatic nitrogens is 2. The molecule has 2 fully saturated rings. The van der Waals surface area contributed by atoms with Gasteiger partial charge in [0.25, 0.3) is 0 Å². The van der Waals surface area contributed by atoms with E-state index >= 15 is 0 Å². The molecule has 1 aromatic heterocycles. The summed E-state index contributed by atoms with van der Waals surface area (Å²) in [6, 6.07) is 0.561. The molecule has 0 atom stereocenters. The maximum Gasteiger partial charge on any atom is 0.433 e. The first-order valence-electron chi connectivity index (χ1n) is 7.85. The Balaban J connectivity index is 1.68. The Morgan fingerprint density at radius 1 is 1.09 bits per heavy atom. The first kappa shape index (κ1) is 15.5. The summed E-state index contributed by atoms with van der Waals surface area (Å²) in [4.78, 5) is 12.3. The van der Waals surface area contributed by atoms with Crippen LogP contribution < -0.4 is 4.90 Å². The molecule has 0 amide bonds. The second-order valence-electron chi connectivity index (χ2n) is 6.16. The van der Waals surface area contributed by atoms with Crippen molar-refractivity contribution in [1.29, 1.82) is 0 Å². The molecule has 0 aliphatic carbocycles. The number of piperidine rings is 1. The van der Waals surface area contributed by atoms with Crippen LogP contribution in [0.3, 0.4) is 0 Å². The smallest absolute Gasteiger partial charge is 0.341 e. The molecule has 3 heterocycles. The summed E-state index contributed by atoms with van der Waals surface area (Å²) in [7, 11) is 0. The van der Waals surface area contributed by atoms with Crippen LogP contribution in [0.4, 0.5) is 19.1 Å². The Kier molecular flexibility index (Phi) is 4.25.